The highest BCUT2D eigenvalue weighted by atomic mass is 32.1. The van der Waals surface area contributed by atoms with Crippen molar-refractivity contribution in [3.63, 3.8) is 0 Å². The maximum Gasteiger partial charge on any atom is 0.260 e. The van der Waals surface area contributed by atoms with Crippen LogP contribution >= 0.6 is 11.3 Å². The Morgan fingerprint density at radius 1 is 1.25 bits per heavy atom. The topological polar surface area (TPSA) is 20.3 Å². The van der Waals surface area contributed by atoms with Crippen LogP contribution in [0.4, 0.5) is 8.78 Å². The molecule has 0 aliphatic heterocycles. The average molecular weight is 293 g/mol. The molecule has 0 spiro atoms. The summed E-state index contributed by atoms with van der Waals surface area (Å²) in [5.41, 5.74) is -0.522. The van der Waals surface area contributed by atoms with Crippen LogP contribution in [0.25, 0.3) is 0 Å². The van der Waals surface area contributed by atoms with Gasteiger partial charge in [-0.05, 0) is 23.6 Å². The van der Waals surface area contributed by atoms with Crippen LogP contribution in [0.1, 0.15) is 15.2 Å². The zero-order chi connectivity index (χ0) is 14.5. The van der Waals surface area contributed by atoms with Crippen molar-refractivity contribution in [2.24, 2.45) is 0 Å². The van der Waals surface area contributed by atoms with Crippen LogP contribution in [0.2, 0.25) is 0 Å². The predicted octanol–water partition coefficient (Wildman–Crippen LogP) is 3.85. The summed E-state index contributed by atoms with van der Waals surface area (Å²) in [7, 11) is 0. The van der Waals surface area contributed by atoms with Crippen molar-refractivity contribution in [2.75, 3.05) is 6.54 Å². The van der Waals surface area contributed by atoms with E-state index in [1.54, 1.807) is 0 Å². The first-order chi connectivity index (χ1) is 9.63. The molecule has 0 radical (unpaired) electrons. The number of hydrogen-bond acceptors (Lipinski definition) is 2. The summed E-state index contributed by atoms with van der Waals surface area (Å²) < 4.78 is 27.3. The fourth-order valence-electron chi connectivity index (χ4n) is 1.83. The molecule has 1 aromatic carbocycles. The van der Waals surface area contributed by atoms with Crippen molar-refractivity contribution in [3.8, 4) is 0 Å². The maximum atomic E-state index is 13.7. The molecule has 2 nitrogen and oxygen atoms in total. The van der Waals surface area contributed by atoms with Crippen LogP contribution in [-0.2, 0) is 6.54 Å². The van der Waals surface area contributed by atoms with Gasteiger partial charge in [0.25, 0.3) is 5.91 Å². The van der Waals surface area contributed by atoms with E-state index in [0.29, 0.717) is 6.54 Å². The highest BCUT2D eigenvalue weighted by Crippen LogP contribution is 2.18. The van der Waals surface area contributed by atoms with Gasteiger partial charge in [-0.25, -0.2) is 8.78 Å². The van der Waals surface area contributed by atoms with Crippen LogP contribution in [0, 0.1) is 11.6 Å². The lowest BCUT2D eigenvalue weighted by Gasteiger charge is -2.21. The molecular weight excluding hydrogens is 280 g/mol. The first-order valence-corrected chi connectivity index (χ1v) is 6.88. The molecule has 0 atom stereocenters. The van der Waals surface area contributed by atoms with Crippen LogP contribution in [0.15, 0.2) is 48.4 Å². The molecule has 0 aliphatic carbocycles. The normalized spacial score (nSPS) is 10.3. The Morgan fingerprint density at radius 3 is 2.50 bits per heavy atom. The zero-order valence-electron chi connectivity index (χ0n) is 10.7. The molecule has 0 saturated heterocycles. The quantitative estimate of drug-likeness (QED) is 0.767. The summed E-state index contributed by atoms with van der Waals surface area (Å²) in [4.78, 5) is 14.6. The largest absolute Gasteiger partial charge is 0.330 e. The molecule has 104 valence electrons. The first-order valence-electron chi connectivity index (χ1n) is 6.00. The van der Waals surface area contributed by atoms with E-state index in [0.717, 1.165) is 17.0 Å². The van der Waals surface area contributed by atoms with Crippen molar-refractivity contribution in [2.45, 2.75) is 6.54 Å². The number of benzene rings is 1. The average Bonchev–Trinajstić information content (AvgIpc) is 2.91. The summed E-state index contributed by atoms with van der Waals surface area (Å²) in [6.45, 7) is 4.10. The minimum absolute atomic E-state index is 0.227. The number of carbonyl (C=O) groups excluding carboxylic acids is 1. The number of amides is 1. The SMILES string of the molecule is C=CCN(Cc1cccs1)C(=O)c1c(F)cccc1F. The minimum atomic E-state index is -0.852. The Bertz CT molecular complexity index is 590. The van der Waals surface area contributed by atoms with Gasteiger partial charge in [-0.3, -0.25) is 4.79 Å². The van der Waals surface area contributed by atoms with E-state index in [-0.39, 0.29) is 6.54 Å². The third-order valence-electron chi connectivity index (χ3n) is 2.74. The molecular formula is C15H13F2NOS. The van der Waals surface area contributed by atoms with E-state index in [1.807, 2.05) is 17.5 Å². The number of rotatable bonds is 5. The van der Waals surface area contributed by atoms with Crippen molar-refractivity contribution < 1.29 is 13.6 Å². The monoisotopic (exact) mass is 293 g/mol. The second-order valence-corrected chi connectivity index (χ2v) is 5.18. The number of hydrogen-bond donors (Lipinski definition) is 0. The smallest absolute Gasteiger partial charge is 0.260 e. The maximum absolute atomic E-state index is 13.7. The first kappa shape index (κ1) is 14.4. The van der Waals surface area contributed by atoms with E-state index in [9.17, 15) is 13.6 Å². The van der Waals surface area contributed by atoms with Crippen LogP contribution in [0.5, 0.6) is 0 Å². The summed E-state index contributed by atoms with van der Waals surface area (Å²) in [6.07, 6.45) is 1.53. The summed E-state index contributed by atoms with van der Waals surface area (Å²) in [6, 6.07) is 7.12. The van der Waals surface area contributed by atoms with Crippen LogP contribution in [0.3, 0.4) is 0 Å². The molecule has 1 heterocycles. The third-order valence-corrected chi connectivity index (χ3v) is 3.60. The standard InChI is InChI=1S/C15H13F2NOS/c1-2-8-18(10-11-5-4-9-20-11)15(19)14-12(16)6-3-7-13(14)17/h2-7,9H,1,8,10H2. The fourth-order valence-corrected chi connectivity index (χ4v) is 2.55. The lowest BCUT2D eigenvalue weighted by atomic mass is 10.1. The fraction of sp³-hybridized carbons (Fsp3) is 0.133. The van der Waals surface area contributed by atoms with Gasteiger partial charge < -0.3 is 4.90 Å². The van der Waals surface area contributed by atoms with Crippen molar-refractivity contribution in [1.29, 1.82) is 0 Å². The van der Waals surface area contributed by atoms with Gasteiger partial charge in [0.05, 0.1) is 6.54 Å². The van der Waals surface area contributed by atoms with Gasteiger partial charge >= 0.3 is 0 Å². The van der Waals surface area contributed by atoms with Gasteiger partial charge in [-0.15, -0.1) is 17.9 Å². The van der Waals surface area contributed by atoms with Crippen LogP contribution in [-0.4, -0.2) is 17.4 Å². The highest BCUT2D eigenvalue weighted by molar-refractivity contribution is 7.09. The molecule has 5 heteroatoms. The Kier molecular flexibility index (Phi) is 4.63. The lowest BCUT2D eigenvalue weighted by Crippen LogP contribution is -2.31. The second-order valence-electron chi connectivity index (χ2n) is 4.15. The Hall–Kier alpha value is -2.01. The van der Waals surface area contributed by atoms with Gasteiger partial charge in [0.1, 0.15) is 17.2 Å². The molecule has 0 unspecified atom stereocenters. The van der Waals surface area contributed by atoms with E-state index >= 15 is 0 Å². The number of thiophene rings is 1. The Labute approximate surface area is 120 Å². The number of carbonyl (C=O) groups is 1. The highest BCUT2D eigenvalue weighted by Gasteiger charge is 2.22. The second kappa shape index (κ2) is 6.43. The summed E-state index contributed by atoms with van der Waals surface area (Å²) in [5.74, 6) is -2.38. The molecule has 1 amide bonds. The van der Waals surface area contributed by atoms with Crippen molar-refractivity contribution in [3.05, 3.63) is 70.4 Å². The lowest BCUT2D eigenvalue weighted by molar-refractivity contribution is 0.0754. The summed E-state index contributed by atoms with van der Waals surface area (Å²) >= 11 is 1.48. The Morgan fingerprint density at radius 2 is 1.95 bits per heavy atom. The zero-order valence-corrected chi connectivity index (χ0v) is 11.5. The molecule has 0 fully saturated rings. The molecule has 20 heavy (non-hydrogen) atoms. The van der Waals surface area contributed by atoms with Gasteiger partial charge in [0, 0.05) is 11.4 Å². The number of nitrogens with zero attached hydrogens (tertiary/aromatic N) is 1. The molecule has 2 aromatic rings. The molecule has 2 rings (SSSR count). The minimum Gasteiger partial charge on any atom is -0.330 e. The van der Waals surface area contributed by atoms with Gasteiger partial charge in [0.2, 0.25) is 0 Å². The molecule has 0 aliphatic rings. The van der Waals surface area contributed by atoms with Gasteiger partial charge in [0.15, 0.2) is 0 Å². The molecule has 1 aromatic heterocycles. The van der Waals surface area contributed by atoms with E-state index in [4.69, 9.17) is 0 Å². The van der Waals surface area contributed by atoms with E-state index in [1.165, 1.54) is 28.4 Å². The number of halogens is 2. The van der Waals surface area contributed by atoms with Gasteiger partial charge in [-0.2, -0.15) is 0 Å². The molecule has 0 saturated carbocycles. The van der Waals surface area contributed by atoms with E-state index < -0.39 is 23.1 Å². The van der Waals surface area contributed by atoms with Crippen LogP contribution < -0.4 is 0 Å². The predicted molar refractivity (Wildman–Crippen MR) is 75.6 cm³/mol. The van der Waals surface area contributed by atoms with Gasteiger partial charge in [-0.1, -0.05) is 18.2 Å². The molecule has 0 bridgehead atoms. The van der Waals surface area contributed by atoms with Crippen molar-refractivity contribution in [1.82, 2.24) is 4.90 Å². The third kappa shape index (κ3) is 3.11. The van der Waals surface area contributed by atoms with E-state index in [2.05, 4.69) is 6.58 Å². The summed E-state index contributed by atoms with van der Waals surface area (Å²) in [5, 5.41) is 1.88. The molecule has 0 N–H and O–H groups in total. The van der Waals surface area contributed by atoms with Crippen molar-refractivity contribution >= 4 is 17.2 Å². The Balaban J connectivity index is 2.29.